The molecule has 150 valence electrons. The number of non-ortho nitro benzene ring substituents is 1. The molecule has 10 heteroatoms. The third-order valence-corrected chi connectivity index (χ3v) is 4.50. The lowest BCUT2D eigenvalue weighted by Gasteiger charge is -2.11. The second kappa shape index (κ2) is 9.57. The third-order valence-electron chi connectivity index (χ3n) is 3.81. The van der Waals surface area contributed by atoms with Gasteiger partial charge in [0.05, 0.1) is 31.9 Å². The van der Waals surface area contributed by atoms with Crippen LogP contribution in [0.15, 0.2) is 40.4 Å². The summed E-state index contributed by atoms with van der Waals surface area (Å²) in [7, 11) is 4.31. The molecule has 0 heterocycles. The number of nitrogens with one attached hydrogen (secondary N) is 1. The van der Waals surface area contributed by atoms with Crippen molar-refractivity contribution in [2.24, 2.45) is 0 Å². The fourth-order valence-corrected chi connectivity index (χ4v) is 2.82. The molecule has 2 aromatic carbocycles. The normalized spacial score (nSPS) is 10.7. The molecule has 0 saturated carbocycles. The molecule has 0 atom stereocenters. The number of nitro groups is 1. The van der Waals surface area contributed by atoms with Gasteiger partial charge in [-0.3, -0.25) is 14.9 Å². The van der Waals surface area contributed by atoms with Crippen molar-refractivity contribution < 1.29 is 23.9 Å². The Balaban J connectivity index is 2.41. The quantitative estimate of drug-likeness (QED) is 0.286. The molecule has 0 spiro atoms. The van der Waals surface area contributed by atoms with E-state index in [1.54, 1.807) is 12.1 Å². The summed E-state index contributed by atoms with van der Waals surface area (Å²) in [4.78, 5) is 23.0. The summed E-state index contributed by atoms with van der Waals surface area (Å²) in [5, 5.41) is 22.9. The maximum atomic E-state index is 12.6. The predicted molar refractivity (Wildman–Crippen MR) is 109 cm³/mol. The van der Waals surface area contributed by atoms with Gasteiger partial charge < -0.3 is 19.5 Å². The van der Waals surface area contributed by atoms with E-state index in [-0.39, 0.29) is 22.7 Å². The molecular formula is C19H16BrN3O6. The fraction of sp³-hybridized carbons (Fsp3) is 0.158. The molecule has 1 N–H and O–H groups in total. The van der Waals surface area contributed by atoms with Gasteiger partial charge in [0.15, 0.2) is 11.5 Å². The standard InChI is InChI=1S/C19H16BrN3O6/c1-27-16-5-4-13(23(25)26)8-15(16)22-19(24)12(10-21)6-11-7-17(28-2)18(29-3)9-14(11)20/h4-9H,1-3H3,(H,22,24)/b12-6+. The van der Waals surface area contributed by atoms with Crippen LogP contribution in [-0.4, -0.2) is 32.2 Å². The van der Waals surface area contributed by atoms with Gasteiger partial charge in [0, 0.05) is 16.6 Å². The highest BCUT2D eigenvalue weighted by Crippen LogP contribution is 2.34. The van der Waals surface area contributed by atoms with Gasteiger partial charge in [-0.1, -0.05) is 15.9 Å². The lowest BCUT2D eigenvalue weighted by atomic mass is 10.1. The molecular weight excluding hydrogens is 446 g/mol. The predicted octanol–water partition coefficient (Wildman–Crippen LogP) is 3.93. The van der Waals surface area contributed by atoms with Gasteiger partial charge in [-0.25, -0.2) is 0 Å². The van der Waals surface area contributed by atoms with Gasteiger partial charge in [0.1, 0.15) is 17.4 Å². The minimum Gasteiger partial charge on any atom is -0.495 e. The number of nitrogens with zero attached hydrogens (tertiary/aromatic N) is 2. The Bertz CT molecular complexity index is 1030. The summed E-state index contributed by atoms with van der Waals surface area (Å²) in [5.74, 6) is 0.349. The minimum absolute atomic E-state index is 0.0687. The van der Waals surface area contributed by atoms with Gasteiger partial charge in [0.25, 0.3) is 11.6 Å². The molecule has 9 nitrogen and oxygen atoms in total. The van der Waals surface area contributed by atoms with E-state index in [9.17, 15) is 20.2 Å². The van der Waals surface area contributed by atoms with E-state index in [0.717, 1.165) is 6.07 Å². The Hall–Kier alpha value is -3.58. The van der Waals surface area contributed by atoms with Crippen molar-refractivity contribution in [1.82, 2.24) is 0 Å². The van der Waals surface area contributed by atoms with Gasteiger partial charge in [-0.2, -0.15) is 5.26 Å². The third kappa shape index (κ3) is 5.03. The summed E-state index contributed by atoms with van der Waals surface area (Å²) in [6.45, 7) is 0. The molecule has 0 unspecified atom stereocenters. The summed E-state index contributed by atoms with van der Waals surface area (Å²) in [5.41, 5.74) is 0.109. The van der Waals surface area contributed by atoms with E-state index in [4.69, 9.17) is 14.2 Å². The van der Waals surface area contributed by atoms with Gasteiger partial charge in [0.2, 0.25) is 0 Å². The SMILES string of the molecule is COc1ccc([N+](=O)[O-])cc1NC(=O)/C(C#N)=C/c1cc(OC)c(OC)cc1Br. The van der Waals surface area contributed by atoms with Crippen molar-refractivity contribution in [3.8, 4) is 23.3 Å². The number of amides is 1. The highest BCUT2D eigenvalue weighted by molar-refractivity contribution is 9.10. The zero-order valence-electron chi connectivity index (χ0n) is 15.7. The number of ether oxygens (including phenoxy) is 3. The molecule has 2 rings (SSSR count). The monoisotopic (exact) mass is 461 g/mol. The number of anilines is 1. The van der Waals surface area contributed by atoms with E-state index >= 15 is 0 Å². The molecule has 0 aliphatic carbocycles. The van der Waals surface area contributed by atoms with Crippen LogP contribution in [0.2, 0.25) is 0 Å². The Kier molecular flexibility index (Phi) is 7.16. The van der Waals surface area contributed by atoms with Crippen LogP contribution in [0, 0.1) is 21.4 Å². The van der Waals surface area contributed by atoms with E-state index in [0.29, 0.717) is 21.5 Å². The number of carbonyl (C=O) groups is 1. The van der Waals surface area contributed by atoms with Gasteiger partial charge in [-0.15, -0.1) is 0 Å². The van der Waals surface area contributed by atoms with E-state index in [1.807, 2.05) is 6.07 Å². The highest BCUT2D eigenvalue weighted by atomic mass is 79.9. The number of nitro benzene ring substituents is 1. The van der Waals surface area contributed by atoms with Crippen molar-refractivity contribution in [3.63, 3.8) is 0 Å². The van der Waals surface area contributed by atoms with Crippen LogP contribution in [-0.2, 0) is 4.79 Å². The average molecular weight is 462 g/mol. The number of hydrogen-bond donors (Lipinski definition) is 1. The number of hydrogen-bond acceptors (Lipinski definition) is 7. The van der Waals surface area contributed by atoms with Crippen molar-refractivity contribution >= 4 is 39.3 Å². The molecule has 0 bridgehead atoms. The number of rotatable bonds is 7. The van der Waals surface area contributed by atoms with Crippen LogP contribution in [0.1, 0.15) is 5.56 Å². The van der Waals surface area contributed by atoms with Crippen LogP contribution < -0.4 is 19.5 Å². The van der Waals surface area contributed by atoms with Crippen molar-refractivity contribution in [1.29, 1.82) is 5.26 Å². The topological polar surface area (TPSA) is 124 Å². The van der Waals surface area contributed by atoms with Crippen molar-refractivity contribution in [3.05, 3.63) is 56.1 Å². The van der Waals surface area contributed by atoms with Crippen LogP contribution >= 0.6 is 15.9 Å². The zero-order chi connectivity index (χ0) is 21.6. The van der Waals surface area contributed by atoms with E-state index in [2.05, 4.69) is 21.2 Å². The molecule has 0 aliphatic heterocycles. The number of methoxy groups -OCH3 is 3. The highest BCUT2D eigenvalue weighted by Gasteiger charge is 2.17. The maximum Gasteiger partial charge on any atom is 0.271 e. The van der Waals surface area contributed by atoms with Crippen LogP contribution in [0.25, 0.3) is 6.08 Å². The summed E-state index contributed by atoms with van der Waals surface area (Å²) in [6.07, 6.45) is 1.35. The molecule has 2 aromatic rings. The zero-order valence-corrected chi connectivity index (χ0v) is 17.3. The first-order chi connectivity index (χ1) is 13.8. The molecule has 0 aliphatic rings. The average Bonchev–Trinajstić information content (AvgIpc) is 2.72. The number of halogens is 1. The largest absolute Gasteiger partial charge is 0.495 e. The first-order valence-corrected chi connectivity index (χ1v) is 8.81. The Labute approximate surface area is 174 Å². The van der Waals surface area contributed by atoms with Crippen molar-refractivity contribution in [2.75, 3.05) is 26.6 Å². The lowest BCUT2D eigenvalue weighted by molar-refractivity contribution is -0.384. The van der Waals surface area contributed by atoms with E-state index in [1.165, 1.54) is 39.5 Å². The number of nitriles is 1. The van der Waals surface area contributed by atoms with Crippen molar-refractivity contribution in [2.45, 2.75) is 0 Å². The molecule has 0 aromatic heterocycles. The Morgan fingerprint density at radius 2 is 1.76 bits per heavy atom. The second-order valence-corrected chi connectivity index (χ2v) is 6.35. The van der Waals surface area contributed by atoms with Crippen LogP contribution in [0.4, 0.5) is 11.4 Å². The molecule has 0 saturated heterocycles. The first-order valence-electron chi connectivity index (χ1n) is 8.01. The molecule has 0 fully saturated rings. The molecule has 0 radical (unpaired) electrons. The van der Waals surface area contributed by atoms with Crippen LogP contribution in [0.5, 0.6) is 17.2 Å². The Morgan fingerprint density at radius 1 is 1.14 bits per heavy atom. The smallest absolute Gasteiger partial charge is 0.271 e. The molecule has 29 heavy (non-hydrogen) atoms. The summed E-state index contributed by atoms with van der Waals surface area (Å²) in [6, 6.07) is 8.81. The Morgan fingerprint density at radius 3 is 2.31 bits per heavy atom. The molecule has 1 amide bonds. The lowest BCUT2D eigenvalue weighted by Crippen LogP contribution is -2.14. The van der Waals surface area contributed by atoms with Crippen LogP contribution in [0.3, 0.4) is 0 Å². The fourth-order valence-electron chi connectivity index (χ4n) is 2.38. The number of carbonyl (C=O) groups excluding carboxylic acids is 1. The first kappa shape index (κ1) is 21.7. The second-order valence-electron chi connectivity index (χ2n) is 5.49. The summed E-state index contributed by atoms with van der Waals surface area (Å²) >= 11 is 3.36. The number of benzene rings is 2. The van der Waals surface area contributed by atoms with Gasteiger partial charge >= 0.3 is 0 Å². The van der Waals surface area contributed by atoms with E-state index < -0.39 is 10.8 Å². The van der Waals surface area contributed by atoms with Gasteiger partial charge in [-0.05, 0) is 29.8 Å². The summed E-state index contributed by atoms with van der Waals surface area (Å²) < 4.78 is 16.1. The maximum absolute atomic E-state index is 12.6. The minimum atomic E-state index is -0.756.